The highest BCUT2D eigenvalue weighted by atomic mass is 79.9. The lowest BCUT2D eigenvalue weighted by Crippen LogP contribution is -2.39. The number of halogens is 2. The lowest BCUT2D eigenvalue weighted by Gasteiger charge is -2.42. The van der Waals surface area contributed by atoms with Gasteiger partial charge in [-0.2, -0.15) is 0 Å². The molecule has 3 nitrogen and oxygen atoms in total. The quantitative estimate of drug-likeness (QED) is 0.630. The lowest BCUT2D eigenvalue weighted by molar-refractivity contribution is -0.0773. The Bertz CT molecular complexity index is 467. The number of alkyl halides is 1. The number of benzene rings is 1. The van der Waals surface area contributed by atoms with Crippen molar-refractivity contribution in [2.45, 2.75) is 36.1 Å². The number of hydrogen-bond donors (Lipinski definition) is 0. The second-order valence-corrected chi connectivity index (χ2v) is 7.10. The van der Waals surface area contributed by atoms with Crippen LogP contribution in [0.15, 0.2) is 16.6 Å². The van der Waals surface area contributed by atoms with Crippen LogP contribution < -0.4 is 9.47 Å². The van der Waals surface area contributed by atoms with E-state index in [0.29, 0.717) is 0 Å². The largest absolute Gasteiger partial charge is 0.493 e. The summed E-state index contributed by atoms with van der Waals surface area (Å²) < 4.78 is 17.4. The maximum absolute atomic E-state index is 5.71. The van der Waals surface area contributed by atoms with E-state index < -0.39 is 0 Å². The van der Waals surface area contributed by atoms with Gasteiger partial charge in [0.05, 0.1) is 19.8 Å². The molecule has 0 radical (unpaired) electrons. The van der Waals surface area contributed by atoms with Crippen molar-refractivity contribution in [1.82, 2.24) is 0 Å². The Balaban J connectivity index is 2.23. The highest BCUT2D eigenvalue weighted by Gasteiger charge is 2.39. The zero-order chi connectivity index (χ0) is 14.8. The van der Waals surface area contributed by atoms with Gasteiger partial charge in [-0.25, -0.2) is 0 Å². The molecule has 1 aromatic rings. The van der Waals surface area contributed by atoms with Crippen LogP contribution in [0.5, 0.6) is 11.5 Å². The minimum Gasteiger partial charge on any atom is -0.493 e. The van der Waals surface area contributed by atoms with Crippen LogP contribution in [0.4, 0.5) is 0 Å². The van der Waals surface area contributed by atoms with Crippen LogP contribution in [0.25, 0.3) is 0 Å². The summed E-state index contributed by atoms with van der Waals surface area (Å²) in [5.74, 6) is 1.48. The van der Waals surface area contributed by atoms with Crippen LogP contribution in [0.3, 0.4) is 0 Å². The number of methoxy groups -OCH3 is 3. The van der Waals surface area contributed by atoms with Gasteiger partial charge < -0.3 is 14.2 Å². The van der Waals surface area contributed by atoms with Crippen LogP contribution >= 0.6 is 31.9 Å². The first kappa shape index (κ1) is 16.1. The van der Waals surface area contributed by atoms with Crippen molar-refractivity contribution >= 4 is 31.9 Å². The van der Waals surface area contributed by atoms with E-state index in [1.54, 1.807) is 14.2 Å². The van der Waals surface area contributed by atoms with E-state index in [2.05, 4.69) is 31.9 Å². The summed E-state index contributed by atoms with van der Waals surface area (Å²) in [6.07, 6.45) is 4.48. The third kappa shape index (κ3) is 3.15. The van der Waals surface area contributed by atoms with Gasteiger partial charge in [-0.05, 0) is 43.4 Å². The first-order valence-corrected chi connectivity index (χ1v) is 8.37. The van der Waals surface area contributed by atoms with Gasteiger partial charge in [0.2, 0.25) is 0 Å². The molecule has 0 heterocycles. The van der Waals surface area contributed by atoms with Gasteiger partial charge in [0.25, 0.3) is 0 Å². The average Bonchev–Trinajstić information content (AvgIpc) is 2.42. The van der Waals surface area contributed by atoms with Gasteiger partial charge in [0.1, 0.15) is 0 Å². The molecule has 0 aliphatic heterocycles. The molecule has 1 atom stereocenters. The molecular formula is C15H20Br2O3. The van der Waals surface area contributed by atoms with Gasteiger partial charge >= 0.3 is 0 Å². The van der Waals surface area contributed by atoms with Crippen molar-refractivity contribution in [3.8, 4) is 11.5 Å². The second-order valence-electron chi connectivity index (χ2n) is 5.14. The molecule has 1 aromatic carbocycles. The van der Waals surface area contributed by atoms with Crippen molar-refractivity contribution in [3.63, 3.8) is 0 Å². The molecule has 1 fully saturated rings. The van der Waals surface area contributed by atoms with E-state index in [1.807, 2.05) is 19.2 Å². The van der Waals surface area contributed by atoms with Crippen molar-refractivity contribution in [3.05, 3.63) is 22.2 Å². The number of hydrogen-bond acceptors (Lipinski definition) is 3. The predicted octanol–water partition coefficient (Wildman–Crippen LogP) is 4.86. The number of ether oxygens (including phenoxy) is 3. The first-order valence-electron chi connectivity index (χ1n) is 6.66. The normalized spacial score (nSPS) is 18.2. The van der Waals surface area contributed by atoms with Crippen LogP contribution in [-0.4, -0.2) is 26.9 Å². The number of rotatable bonds is 6. The fourth-order valence-corrected chi connectivity index (χ4v) is 4.48. The van der Waals surface area contributed by atoms with Crippen molar-refractivity contribution < 1.29 is 14.2 Å². The molecule has 0 spiro atoms. The standard InChI is InChI=1S/C15H20Br2O3/c1-18-13-7-10(11(16)8-14(13)19-2)12(17)9-15(20-3)5-4-6-15/h7-8,12H,4-6,9H2,1-3H3. The molecule has 0 saturated heterocycles. The van der Waals surface area contributed by atoms with E-state index in [9.17, 15) is 0 Å². The highest BCUT2D eigenvalue weighted by Crippen LogP contribution is 2.47. The summed E-state index contributed by atoms with van der Waals surface area (Å²) >= 11 is 7.41. The van der Waals surface area contributed by atoms with Gasteiger partial charge in [-0.15, -0.1) is 0 Å². The maximum atomic E-state index is 5.71. The zero-order valence-corrected chi connectivity index (χ0v) is 15.2. The molecule has 1 aliphatic rings. The Kier molecular flexibility index (Phi) is 5.37. The molecular weight excluding hydrogens is 388 g/mol. The van der Waals surface area contributed by atoms with Gasteiger partial charge in [-0.3, -0.25) is 0 Å². The molecule has 0 amide bonds. The van der Waals surface area contributed by atoms with E-state index in [-0.39, 0.29) is 10.4 Å². The Labute approximate surface area is 137 Å². The molecule has 1 aliphatic carbocycles. The summed E-state index contributed by atoms with van der Waals surface area (Å²) in [5.41, 5.74) is 1.19. The smallest absolute Gasteiger partial charge is 0.161 e. The molecule has 0 aromatic heterocycles. The van der Waals surface area contributed by atoms with Crippen molar-refractivity contribution in [1.29, 1.82) is 0 Å². The Morgan fingerprint density at radius 3 is 2.20 bits per heavy atom. The molecule has 112 valence electrons. The second kappa shape index (κ2) is 6.67. The topological polar surface area (TPSA) is 27.7 Å². The highest BCUT2D eigenvalue weighted by molar-refractivity contribution is 9.11. The van der Waals surface area contributed by atoms with E-state index in [0.717, 1.165) is 40.8 Å². The van der Waals surface area contributed by atoms with E-state index >= 15 is 0 Å². The summed E-state index contributed by atoms with van der Waals surface area (Å²) in [4.78, 5) is 0.219. The molecule has 0 N–H and O–H groups in total. The minimum atomic E-state index is 0.0285. The predicted molar refractivity (Wildman–Crippen MR) is 87.1 cm³/mol. The van der Waals surface area contributed by atoms with Gasteiger partial charge in [-0.1, -0.05) is 31.9 Å². The lowest BCUT2D eigenvalue weighted by atomic mass is 9.76. The fourth-order valence-electron chi connectivity index (χ4n) is 2.61. The summed E-state index contributed by atoms with van der Waals surface area (Å²) in [5, 5.41) is 0. The summed E-state index contributed by atoms with van der Waals surface area (Å²) in [6, 6.07) is 3.97. The average molecular weight is 408 g/mol. The monoisotopic (exact) mass is 406 g/mol. The third-order valence-electron chi connectivity index (χ3n) is 4.09. The fraction of sp³-hybridized carbons (Fsp3) is 0.600. The van der Waals surface area contributed by atoms with Crippen LogP contribution in [-0.2, 0) is 4.74 Å². The van der Waals surface area contributed by atoms with Crippen LogP contribution in [0, 0.1) is 0 Å². The van der Waals surface area contributed by atoms with Crippen LogP contribution in [0.1, 0.15) is 36.1 Å². The van der Waals surface area contributed by atoms with Crippen molar-refractivity contribution in [2.24, 2.45) is 0 Å². The zero-order valence-electron chi connectivity index (χ0n) is 12.0. The van der Waals surface area contributed by atoms with E-state index in [1.165, 1.54) is 6.42 Å². The van der Waals surface area contributed by atoms with Crippen LogP contribution in [0.2, 0.25) is 0 Å². The van der Waals surface area contributed by atoms with Crippen molar-refractivity contribution in [2.75, 3.05) is 21.3 Å². The maximum Gasteiger partial charge on any atom is 0.161 e. The molecule has 5 heteroatoms. The van der Waals surface area contributed by atoms with Gasteiger partial charge in [0, 0.05) is 16.4 Å². The van der Waals surface area contributed by atoms with E-state index in [4.69, 9.17) is 14.2 Å². The van der Waals surface area contributed by atoms with Gasteiger partial charge in [0.15, 0.2) is 11.5 Å². The summed E-state index contributed by atoms with van der Waals surface area (Å²) in [7, 11) is 5.10. The summed E-state index contributed by atoms with van der Waals surface area (Å²) in [6.45, 7) is 0. The Morgan fingerprint density at radius 2 is 1.75 bits per heavy atom. The molecule has 0 bridgehead atoms. The molecule has 20 heavy (non-hydrogen) atoms. The third-order valence-corrected chi connectivity index (χ3v) is 5.59. The molecule has 1 unspecified atom stereocenters. The Hall–Kier alpha value is -0.260. The Morgan fingerprint density at radius 1 is 1.15 bits per heavy atom. The molecule has 1 saturated carbocycles. The first-order chi connectivity index (χ1) is 9.55. The molecule has 2 rings (SSSR count). The SMILES string of the molecule is COc1cc(Br)c(C(Br)CC2(OC)CCC2)cc1OC. The minimum absolute atomic E-state index is 0.0285.